The molecule has 2 rings (SSSR count). The largest absolute Gasteiger partial charge is 0.507 e. The molecule has 182 valence electrons. The second kappa shape index (κ2) is 13.3. The van der Waals surface area contributed by atoms with Crippen LogP contribution in [0, 0.1) is 0 Å². The summed E-state index contributed by atoms with van der Waals surface area (Å²) in [7, 11) is 0. The third kappa shape index (κ3) is 8.19. The molecule has 1 unspecified atom stereocenters. The van der Waals surface area contributed by atoms with E-state index in [2.05, 4.69) is 11.9 Å². The second-order valence-corrected chi connectivity index (χ2v) is 9.22. The molecule has 0 aliphatic carbocycles. The summed E-state index contributed by atoms with van der Waals surface area (Å²) >= 11 is 1.60. The highest BCUT2D eigenvalue weighted by Gasteiger charge is 2.22. The SMILES string of the molecule is C=CCCCCc1ccc(/C=C(\C)C(=O)c2c(O)cc(C(C)CC/C=C/NC(=O)O)oc2=O)s1. The van der Waals surface area contributed by atoms with Gasteiger partial charge < -0.3 is 14.6 Å². The van der Waals surface area contributed by atoms with E-state index in [4.69, 9.17) is 9.52 Å². The number of carbonyl (C=O) groups excluding carboxylic acids is 1. The minimum absolute atomic E-state index is 0.218. The lowest BCUT2D eigenvalue weighted by Crippen LogP contribution is -2.16. The summed E-state index contributed by atoms with van der Waals surface area (Å²) in [6.45, 7) is 7.15. The molecule has 34 heavy (non-hydrogen) atoms. The summed E-state index contributed by atoms with van der Waals surface area (Å²) in [5, 5.41) is 21.1. The van der Waals surface area contributed by atoms with Crippen molar-refractivity contribution in [3.8, 4) is 5.75 Å². The van der Waals surface area contributed by atoms with Crippen molar-refractivity contribution in [1.82, 2.24) is 5.32 Å². The van der Waals surface area contributed by atoms with Crippen LogP contribution in [0.25, 0.3) is 6.08 Å². The van der Waals surface area contributed by atoms with E-state index in [1.54, 1.807) is 30.4 Å². The summed E-state index contributed by atoms with van der Waals surface area (Å²) in [6, 6.07) is 5.28. The normalized spacial score (nSPS) is 12.6. The van der Waals surface area contributed by atoms with E-state index in [1.165, 1.54) is 17.1 Å². The van der Waals surface area contributed by atoms with E-state index in [0.717, 1.165) is 30.6 Å². The molecular weight excluding hydrogens is 454 g/mol. The Bertz CT molecular complexity index is 1120. The first-order chi connectivity index (χ1) is 16.2. The Morgan fingerprint density at radius 3 is 2.71 bits per heavy atom. The first kappa shape index (κ1) is 26.9. The molecular formula is C26H31NO6S. The first-order valence-corrected chi connectivity index (χ1v) is 12.0. The molecule has 0 saturated heterocycles. The molecule has 3 N–H and O–H groups in total. The van der Waals surface area contributed by atoms with Crippen LogP contribution in [0.5, 0.6) is 5.75 Å². The van der Waals surface area contributed by atoms with Gasteiger partial charge >= 0.3 is 11.7 Å². The van der Waals surface area contributed by atoms with Crippen molar-refractivity contribution in [1.29, 1.82) is 0 Å². The van der Waals surface area contributed by atoms with Gasteiger partial charge in [0.2, 0.25) is 0 Å². The molecule has 0 aliphatic rings. The fourth-order valence-electron chi connectivity index (χ4n) is 3.32. The summed E-state index contributed by atoms with van der Waals surface area (Å²) in [4.78, 5) is 37.9. The Morgan fingerprint density at radius 1 is 1.26 bits per heavy atom. The van der Waals surface area contributed by atoms with Crippen molar-refractivity contribution < 1.29 is 24.2 Å². The Morgan fingerprint density at radius 2 is 2.03 bits per heavy atom. The Balaban J connectivity index is 2.07. The molecule has 1 amide bonds. The number of hydrogen-bond donors (Lipinski definition) is 3. The third-order valence-electron chi connectivity index (χ3n) is 5.23. The monoisotopic (exact) mass is 485 g/mol. The summed E-state index contributed by atoms with van der Waals surface area (Å²) in [5.41, 5.74) is -0.923. The highest BCUT2D eigenvalue weighted by molar-refractivity contribution is 7.12. The van der Waals surface area contributed by atoms with Gasteiger partial charge in [-0.1, -0.05) is 19.1 Å². The lowest BCUT2D eigenvalue weighted by atomic mass is 10.00. The molecule has 0 spiro atoms. The molecule has 0 aliphatic heterocycles. The Labute approximate surface area is 203 Å². The molecule has 0 saturated carbocycles. The zero-order valence-corrected chi connectivity index (χ0v) is 20.3. The molecule has 0 radical (unpaired) electrons. The number of rotatable bonds is 13. The van der Waals surface area contributed by atoms with Crippen molar-refractivity contribution in [2.45, 2.75) is 58.3 Å². The second-order valence-electron chi connectivity index (χ2n) is 8.02. The number of unbranched alkanes of at least 4 members (excludes halogenated alkanes) is 2. The molecule has 0 fully saturated rings. The van der Waals surface area contributed by atoms with Crippen LogP contribution in [-0.2, 0) is 6.42 Å². The van der Waals surface area contributed by atoms with Gasteiger partial charge in [-0.05, 0) is 69.2 Å². The van der Waals surface area contributed by atoms with Crippen LogP contribution in [0.3, 0.4) is 0 Å². The number of ketones is 1. The van der Waals surface area contributed by atoms with Crippen molar-refractivity contribution in [3.05, 3.63) is 80.2 Å². The maximum Gasteiger partial charge on any atom is 0.408 e. The highest BCUT2D eigenvalue weighted by Crippen LogP contribution is 2.27. The number of aryl methyl sites for hydroxylation is 1. The number of nitrogens with one attached hydrogen (secondary N) is 1. The molecule has 8 heteroatoms. The van der Waals surface area contributed by atoms with E-state index in [1.807, 2.05) is 25.1 Å². The van der Waals surface area contributed by atoms with Gasteiger partial charge in [0.05, 0.1) is 0 Å². The quantitative estimate of drug-likeness (QED) is 0.133. The highest BCUT2D eigenvalue weighted by atomic mass is 32.1. The maximum atomic E-state index is 12.9. The molecule has 7 nitrogen and oxygen atoms in total. The smallest absolute Gasteiger partial charge is 0.408 e. The number of hydrogen-bond acceptors (Lipinski definition) is 6. The van der Waals surface area contributed by atoms with Crippen LogP contribution < -0.4 is 10.9 Å². The number of carboxylic acid groups (broad SMARTS) is 1. The molecule has 0 bridgehead atoms. The van der Waals surface area contributed by atoms with Crippen molar-refractivity contribution in [2.24, 2.45) is 0 Å². The van der Waals surface area contributed by atoms with Crippen LogP contribution in [0.4, 0.5) is 4.79 Å². The van der Waals surface area contributed by atoms with Crippen molar-refractivity contribution in [2.75, 3.05) is 0 Å². The van der Waals surface area contributed by atoms with E-state index < -0.39 is 23.3 Å². The first-order valence-electron chi connectivity index (χ1n) is 11.2. The number of allylic oxidation sites excluding steroid dienone is 3. The average molecular weight is 486 g/mol. The summed E-state index contributed by atoms with van der Waals surface area (Å²) in [6.07, 6.45) is 10.7. The minimum Gasteiger partial charge on any atom is -0.507 e. The lowest BCUT2D eigenvalue weighted by molar-refractivity contribution is 0.102. The van der Waals surface area contributed by atoms with Gasteiger partial charge in [-0.25, -0.2) is 9.59 Å². The molecule has 2 aromatic rings. The Hall–Kier alpha value is -3.39. The maximum absolute atomic E-state index is 12.9. The summed E-state index contributed by atoms with van der Waals surface area (Å²) < 4.78 is 5.33. The van der Waals surface area contributed by atoms with Crippen molar-refractivity contribution >= 4 is 29.3 Å². The number of aromatic hydroxyl groups is 1. The van der Waals surface area contributed by atoms with Gasteiger partial charge in [0, 0.05) is 27.9 Å². The van der Waals surface area contributed by atoms with E-state index in [-0.39, 0.29) is 17.2 Å². The topological polar surface area (TPSA) is 117 Å². The Kier molecular flexibility index (Phi) is 10.5. The van der Waals surface area contributed by atoms with Gasteiger partial charge in [-0.15, -0.1) is 17.9 Å². The fourth-order valence-corrected chi connectivity index (χ4v) is 4.38. The van der Waals surface area contributed by atoms with Gasteiger partial charge in [-0.3, -0.25) is 10.1 Å². The zero-order chi connectivity index (χ0) is 25.1. The zero-order valence-electron chi connectivity index (χ0n) is 19.5. The van der Waals surface area contributed by atoms with Crippen molar-refractivity contribution in [3.63, 3.8) is 0 Å². The number of thiophene rings is 1. The third-order valence-corrected chi connectivity index (χ3v) is 6.33. The van der Waals surface area contributed by atoms with E-state index >= 15 is 0 Å². The number of amides is 1. The number of carbonyl (C=O) groups is 2. The van der Waals surface area contributed by atoms with Crippen LogP contribution >= 0.6 is 11.3 Å². The van der Waals surface area contributed by atoms with Gasteiger partial charge in [0.1, 0.15) is 17.1 Å². The molecule has 1 atom stereocenters. The van der Waals surface area contributed by atoms with E-state index in [0.29, 0.717) is 18.4 Å². The van der Waals surface area contributed by atoms with Gasteiger partial charge in [-0.2, -0.15) is 0 Å². The summed E-state index contributed by atoms with van der Waals surface area (Å²) in [5.74, 6) is -0.938. The van der Waals surface area contributed by atoms with Crippen LogP contribution in [0.2, 0.25) is 0 Å². The predicted octanol–water partition coefficient (Wildman–Crippen LogP) is 6.26. The fraction of sp³-hybridized carbons (Fsp3) is 0.346. The lowest BCUT2D eigenvalue weighted by Gasteiger charge is -2.11. The molecule has 2 aromatic heterocycles. The van der Waals surface area contributed by atoms with Crippen LogP contribution in [0.15, 0.2) is 57.9 Å². The van der Waals surface area contributed by atoms with Gasteiger partial charge in [0.25, 0.3) is 0 Å². The number of Topliss-reactive ketones (excluding diaryl/α,β-unsaturated/α-hetero) is 1. The predicted molar refractivity (Wildman–Crippen MR) is 135 cm³/mol. The standard InChI is InChI=1S/C26H31NO6S/c1-4-5-6-7-11-19-12-13-20(34-19)15-18(3)24(29)23-21(28)16-22(33-25(23)30)17(2)10-8-9-14-27-26(31)32/h4,9,12-17,27-28H,1,5-8,10-11H2,2-3H3,(H,31,32)/b14-9+,18-15+. The molecule has 0 aromatic carbocycles. The minimum atomic E-state index is -1.15. The van der Waals surface area contributed by atoms with Crippen LogP contribution in [-0.4, -0.2) is 22.1 Å². The van der Waals surface area contributed by atoms with Gasteiger partial charge in [0.15, 0.2) is 5.78 Å². The molecule has 2 heterocycles. The average Bonchev–Trinajstić information content (AvgIpc) is 3.22. The van der Waals surface area contributed by atoms with E-state index in [9.17, 15) is 19.5 Å². The van der Waals surface area contributed by atoms with Crippen LogP contribution in [0.1, 0.15) is 77.7 Å².